The van der Waals surface area contributed by atoms with Gasteiger partial charge in [-0.2, -0.15) is 0 Å². The number of aliphatic hydroxyl groups excluding tert-OH is 1. The zero-order valence-electron chi connectivity index (χ0n) is 7.47. The van der Waals surface area contributed by atoms with Crippen LogP contribution in [0.15, 0.2) is 0 Å². The standard InChI is InChI=1S/C8H11NO5/c10-4-3-5(8(13)14)9-6(11)1-2-7(9)12/h5,10H,1-4H2,(H,13,14). The molecule has 14 heavy (non-hydrogen) atoms. The van der Waals surface area contributed by atoms with Gasteiger partial charge in [0, 0.05) is 25.9 Å². The lowest BCUT2D eigenvalue weighted by Crippen LogP contribution is -2.44. The van der Waals surface area contributed by atoms with Gasteiger partial charge in [-0.15, -0.1) is 0 Å². The molecule has 78 valence electrons. The number of carbonyl (C=O) groups excluding carboxylic acids is 2. The molecule has 1 rings (SSSR count). The fourth-order valence-electron chi connectivity index (χ4n) is 1.43. The molecule has 0 saturated carbocycles. The van der Waals surface area contributed by atoms with Crippen LogP contribution in [0.1, 0.15) is 19.3 Å². The van der Waals surface area contributed by atoms with Crippen molar-refractivity contribution in [2.75, 3.05) is 6.61 Å². The number of aliphatic hydroxyl groups is 1. The van der Waals surface area contributed by atoms with Gasteiger partial charge in [0.15, 0.2) is 0 Å². The maximum absolute atomic E-state index is 11.2. The highest BCUT2D eigenvalue weighted by molar-refractivity contribution is 6.04. The first-order valence-corrected chi connectivity index (χ1v) is 4.26. The Labute approximate surface area is 80.1 Å². The van der Waals surface area contributed by atoms with Crippen LogP contribution in [-0.4, -0.2) is 45.5 Å². The summed E-state index contributed by atoms with van der Waals surface area (Å²) < 4.78 is 0. The molecule has 0 aromatic heterocycles. The predicted octanol–water partition coefficient (Wildman–Crippen LogP) is -1.03. The molecule has 0 aromatic rings. The molecule has 6 heteroatoms. The van der Waals surface area contributed by atoms with E-state index in [1.807, 2.05) is 0 Å². The number of rotatable bonds is 4. The number of nitrogens with zero attached hydrogens (tertiary/aromatic N) is 1. The van der Waals surface area contributed by atoms with Crippen molar-refractivity contribution < 1.29 is 24.6 Å². The average Bonchev–Trinajstić information content (AvgIpc) is 2.43. The molecule has 6 nitrogen and oxygen atoms in total. The molecule has 2 amide bonds. The highest BCUT2D eigenvalue weighted by Gasteiger charge is 2.38. The lowest BCUT2D eigenvalue weighted by Gasteiger charge is -2.21. The summed E-state index contributed by atoms with van der Waals surface area (Å²) in [4.78, 5) is 33.8. The van der Waals surface area contributed by atoms with E-state index in [9.17, 15) is 14.4 Å². The lowest BCUT2D eigenvalue weighted by molar-refractivity contribution is -0.154. The van der Waals surface area contributed by atoms with Crippen LogP contribution in [0.4, 0.5) is 0 Å². The monoisotopic (exact) mass is 201 g/mol. The number of hydrogen-bond donors (Lipinski definition) is 2. The van der Waals surface area contributed by atoms with E-state index in [4.69, 9.17) is 10.2 Å². The maximum atomic E-state index is 11.2. The maximum Gasteiger partial charge on any atom is 0.327 e. The Morgan fingerprint density at radius 2 is 1.86 bits per heavy atom. The van der Waals surface area contributed by atoms with Crippen LogP contribution in [0, 0.1) is 0 Å². The third-order valence-electron chi connectivity index (χ3n) is 2.09. The van der Waals surface area contributed by atoms with Crippen molar-refractivity contribution in [3.63, 3.8) is 0 Å². The third-order valence-corrected chi connectivity index (χ3v) is 2.09. The van der Waals surface area contributed by atoms with E-state index in [1.165, 1.54) is 0 Å². The molecule has 0 aliphatic carbocycles. The van der Waals surface area contributed by atoms with Gasteiger partial charge in [0.05, 0.1) is 0 Å². The minimum Gasteiger partial charge on any atom is -0.480 e. The van der Waals surface area contributed by atoms with Gasteiger partial charge in [-0.25, -0.2) is 4.79 Å². The van der Waals surface area contributed by atoms with Crippen molar-refractivity contribution in [3.8, 4) is 0 Å². The summed E-state index contributed by atoms with van der Waals surface area (Å²) in [7, 11) is 0. The number of amides is 2. The molecular weight excluding hydrogens is 190 g/mol. The van der Waals surface area contributed by atoms with Crippen molar-refractivity contribution in [1.29, 1.82) is 0 Å². The van der Waals surface area contributed by atoms with Crippen LogP contribution in [0.3, 0.4) is 0 Å². The van der Waals surface area contributed by atoms with E-state index < -0.39 is 23.8 Å². The van der Waals surface area contributed by atoms with Crippen LogP contribution in [0.5, 0.6) is 0 Å². The van der Waals surface area contributed by atoms with Crippen molar-refractivity contribution in [2.24, 2.45) is 0 Å². The Balaban J connectivity index is 2.81. The van der Waals surface area contributed by atoms with Gasteiger partial charge in [-0.3, -0.25) is 14.5 Å². The van der Waals surface area contributed by atoms with Gasteiger partial charge >= 0.3 is 5.97 Å². The number of carboxylic acids is 1. The Morgan fingerprint density at radius 1 is 1.36 bits per heavy atom. The topological polar surface area (TPSA) is 94.9 Å². The number of hydrogen-bond acceptors (Lipinski definition) is 4. The number of carboxylic acid groups (broad SMARTS) is 1. The van der Waals surface area contributed by atoms with Gasteiger partial charge in [0.2, 0.25) is 11.8 Å². The normalized spacial score (nSPS) is 18.8. The second-order valence-corrected chi connectivity index (χ2v) is 3.02. The second kappa shape index (κ2) is 4.19. The van der Waals surface area contributed by atoms with E-state index in [0.29, 0.717) is 0 Å². The van der Waals surface area contributed by atoms with Gasteiger partial charge in [-0.05, 0) is 0 Å². The lowest BCUT2D eigenvalue weighted by atomic mass is 10.2. The fraction of sp³-hybridized carbons (Fsp3) is 0.625. The summed E-state index contributed by atoms with van der Waals surface area (Å²) in [5, 5.41) is 17.3. The van der Waals surface area contributed by atoms with Crippen LogP contribution in [-0.2, 0) is 14.4 Å². The van der Waals surface area contributed by atoms with Gasteiger partial charge in [-0.1, -0.05) is 0 Å². The molecule has 1 fully saturated rings. The zero-order valence-corrected chi connectivity index (χ0v) is 7.47. The summed E-state index contributed by atoms with van der Waals surface area (Å²) in [5.74, 6) is -2.21. The smallest absolute Gasteiger partial charge is 0.327 e. The number of imide groups is 1. The molecule has 2 N–H and O–H groups in total. The molecule has 0 spiro atoms. The summed E-state index contributed by atoms with van der Waals surface area (Å²) in [6.45, 7) is -0.367. The van der Waals surface area contributed by atoms with Crippen molar-refractivity contribution in [1.82, 2.24) is 4.90 Å². The highest BCUT2D eigenvalue weighted by atomic mass is 16.4. The van der Waals surface area contributed by atoms with E-state index >= 15 is 0 Å². The molecule has 1 aliphatic rings. The second-order valence-electron chi connectivity index (χ2n) is 3.02. The first kappa shape index (κ1) is 10.6. The largest absolute Gasteiger partial charge is 0.480 e. The Bertz CT molecular complexity index is 259. The van der Waals surface area contributed by atoms with Crippen LogP contribution in [0.25, 0.3) is 0 Å². The van der Waals surface area contributed by atoms with E-state index in [2.05, 4.69) is 0 Å². The molecule has 0 aromatic carbocycles. The van der Waals surface area contributed by atoms with Gasteiger partial charge in [0.1, 0.15) is 6.04 Å². The molecule has 1 heterocycles. The summed E-state index contributed by atoms with van der Waals surface area (Å²) in [6, 6.07) is -1.22. The number of aliphatic carboxylic acids is 1. The molecule has 1 atom stereocenters. The Kier molecular flexibility index (Phi) is 3.19. The van der Waals surface area contributed by atoms with E-state index in [-0.39, 0.29) is 25.9 Å². The number of likely N-dealkylation sites (tertiary alicyclic amines) is 1. The first-order chi connectivity index (χ1) is 6.57. The van der Waals surface area contributed by atoms with Crippen LogP contribution in [0.2, 0.25) is 0 Å². The summed E-state index contributed by atoms with van der Waals surface area (Å²) >= 11 is 0. The third kappa shape index (κ3) is 1.90. The Morgan fingerprint density at radius 3 is 2.21 bits per heavy atom. The number of carbonyl (C=O) groups is 3. The molecule has 1 aliphatic heterocycles. The average molecular weight is 201 g/mol. The minimum atomic E-state index is -1.26. The zero-order chi connectivity index (χ0) is 10.7. The predicted molar refractivity (Wildman–Crippen MR) is 44.2 cm³/mol. The minimum absolute atomic E-state index is 0.0635. The van der Waals surface area contributed by atoms with Gasteiger partial charge < -0.3 is 10.2 Å². The Hall–Kier alpha value is -1.43. The van der Waals surface area contributed by atoms with Gasteiger partial charge in [0.25, 0.3) is 0 Å². The SMILES string of the molecule is O=C(O)C(CCO)N1C(=O)CCC1=O. The quantitative estimate of drug-likeness (QED) is 0.567. The summed E-state index contributed by atoms with van der Waals surface area (Å²) in [5.41, 5.74) is 0. The van der Waals surface area contributed by atoms with Crippen molar-refractivity contribution >= 4 is 17.8 Å². The van der Waals surface area contributed by atoms with Crippen molar-refractivity contribution in [3.05, 3.63) is 0 Å². The van der Waals surface area contributed by atoms with Crippen LogP contribution >= 0.6 is 0 Å². The van der Waals surface area contributed by atoms with E-state index in [0.717, 1.165) is 4.90 Å². The highest BCUT2D eigenvalue weighted by Crippen LogP contribution is 2.17. The molecular formula is C8H11NO5. The first-order valence-electron chi connectivity index (χ1n) is 4.26. The molecule has 1 saturated heterocycles. The van der Waals surface area contributed by atoms with E-state index in [1.54, 1.807) is 0 Å². The molecule has 0 bridgehead atoms. The van der Waals surface area contributed by atoms with Crippen molar-refractivity contribution in [2.45, 2.75) is 25.3 Å². The molecule has 0 radical (unpaired) electrons. The van der Waals surface area contributed by atoms with Crippen LogP contribution < -0.4 is 0 Å². The molecule has 1 unspecified atom stereocenters. The summed E-state index contributed by atoms with van der Waals surface area (Å²) in [6.07, 6.45) is 0.00883. The fourth-order valence-corrected chi connectivity index (χ4v) is 1.43.